The van der Waals surface area contributed by atoms with E-state index in [1.54, 1.807) is 0 Å². The number of aliphatic hydroxyl groups is 1. The lowest BCUT2D eigenvalue weighted by Gasteiger charge is -2.18. The Kier molecular flexibility index (Phi) is 7.46. The first-order valence-electron chi connectivity index (χ1n) is 10.1. The quantitative estimate of drug-likeness (QED) is 0.520. The molecule has 0 bridgehead atoms. The van der Waals surface area contributed by atoms with Gasteiger partial charge in [-0.1, -0.05) is 60.7 Å². The van der Waals surface area contributed by atoms with Crippen molar-refractivity contribution in [3.05, 3.63) is 77.9 Å². The fourth-order valence-corrected chi connectivity index (χ4v) is 3.55. The van der Waals surface area contributed by atoms with E-state index < -0.39 is 6.10 Å². The number of para-hydroxylation sites is 1. The number of hydrogen-bond donors (Lipinski definition) is 1. The fraction of sp³-hybridized carbons (Fsp3) is 0.360. The predicted octanol–water partition coefficient (Wildman–Crippen LogP) is 4.71. The molecule has 3 rings (SSSR count). The Bertz CT molecular complexity index is 875. The fourth-order valence-electron chi connectivity index (χ4n) is 3.55. The molecule has 0 saturated heterocycles. The average molecular weight is 378 g/mol. The van der Waals surface area contributed by atoms with Gasteiger partial charge in [0.2, 0.25) is 0 Å². The largest absolute Gasteiger partial charge is 0.491 e. The molecule has 0 aliphatic heterocycles. The Hall–Kier alpha value is -2.36. The second-order valence-corrected chi connectivity index (χ2v) is 7.72. The van der Waals surface area contributed by atoms with Gasteiger partial charge in [0, 0.05) is 6.54 Å². The average Bonchev–Trinajstić information content (AvgIpc) is 2.70. The van der Waals surface area contributed by atoms with E-state index in [2.05, 4.69) is 54.6 Å². The van der Waals surface area contributed by atoms with Gasteiger partial charge in [-0.15, -0.1) is 0 Å². The smallest absolute Gasteiger partial charge is 0.122 e. The van der Waals surface area contributed by atoms with E-state index in [1.807, 2.05) is 31.1 Å². The molecule has 0 radical (unpaired) electrons. The highest BCUT2D eigenvalue weighted by Gasteiger charge is 2.09. The summed E-state index contributed by atoms with van der Waals surface area (Å²) in [4.78, 5) is 1.97. The number of benzene rings is 3. The highest BCUT2D eigenvalue weighted by atomic mass is 16.5. The molecule has 3 aromatic carbocycles. The van der Waals surface area contributed by atoms with Crippen LogP contribution in [0.5, 0.6) is 5.75 Å². The van der Waals surface area contributed by atoms with Crippen LogP contribution in [-0.2, 0) is 12.8 Å². The van der Waals surface area contributed by atoms with Crippen LogP contribution in [-0.4, -0.2) is 43.4 Å². The monoisotopic (exact) mass is 377 g/mol. The summed E-state index contributed by atoms with van der Waals surface area (Å²) < 4.78 is 5.89. The number of rotatable bonds is 10. The second kappa shape index (κ2) is 10.3. The summed E-state index contributed by atoms with van der Waals surface area (Å²) in [6.45, 7) is 0.931. The Morgan fingerprint density at radius 2 is 1.57 bits per heavy atom. The molecule has 148 valence electrons. The summed E-state index contributed by atoms with van der Waals surface area (Å²) in [7, 11) is 3.90. The molecule has 0 amide bonds. The highest BCUT2D eigenvalue weighted by molar-refractivity contribution is 5.82. The number of aryl methyl sites for hydroxylation is 2. The highest BCUT2D eigenvalue weighted by Crippen LogP contribution is 2.22. The van der Waals surface area contributed by atoms with Crippen molar-refractivity contribution in [1.29, 1.82) is 0 Å². The molecule has 0 heterocycles. The molecule has 3 heteroatoms. The molecule has 0 saturated carbocycles. The Morgan fingerprint density at radius 3 is 2.39 bits per heavy atom. The Balaban J connectivity index is 1.49. The first-order valence-corrected chi connectivity index (χ1v) is 10.1. The van der Waals surface area contributed by atoms with Crippen molar-refractivity contribution < 1.29 is 9.84 Å². The molecule has 3 aromatic rings. The summed E-state index contributed by atoms with van der Waals surface area (Å²) >= 11 is 0. The lowest BCUT2D eigenvalue weighted by Crippen LogP contribution is -2.30. The summed E-state index contributed by atoms with van der Waals surface area (Å²) in [5, 5.41) is 12.6. The summed E-state index contributed by atoms with van der Waals surface area (Å²) in [6.07, 6.45) is 3.88. The maximum absolute atomic E-state index is 10.0. The molecule has 28 heavy (non-hydrogen) atoms. The number of fused-ring (bicyclic) bond motifs is 1. The van der Waals surface area contributed by atoms with Crippen LogP contribution in [0.4, 0.5) is 0 Å². The SMILES string of the molecule is CN(C)CC(O)COc1ccccc1CCCCc1ccc2ccccc2c1. The van der Waals surface area contributed by atoms with Gasteiger partial charge in [0.1, 0.15) is 18.5 Å². The number of aliphatic hydroxyl groups excluding tert-OH is 1. The van der Waals surface area contributed by atoms with Gasteiger partial charge in [0.05, 0.1) is 0 Å². The maximum atomic E-state index is 10.0. The van der Waals surface area contributed by atoms with Crippen LogP contribution >= 0.6 is 0 Å². The van der Waals surface area contributed by atoms with E-state index in [4.69, 9.17) is 4.74 Å². The van der Waals surface area contributed by atoms with Gasteiger partial charge in [0.15, 0.2) is 0 Å². The van der Waals surface area contributed by atoms with Crippen molar-refractivity contribution in [1.82, 2.24) is 4.90 Å². The van der Waals surface area contributed by atoms with Crippen LogP contribution in [0.15, 0.2) is 66.7 Å². The lowest BCUT2D eigenvalue weighted by molar-refractivity contribution is 0.0827. The van der Waals surface area contributed by atoms with E-state index in [0.717, 1.165) is 31.4 Å². The minimum atomic E-state index is -0.476. The van der Waals surface area contributed by atoms with Crippen molar-refractivity contribution >= 4 is 10.8 Å². The molecule has 1 atom stereocenters. The van der Waals surface area contributed by atoms with E-state index in [1.165, 1.54) is 21.9 Å². The van der Waals surface area contributed by atoms with Crippen molar-refractivity contribution in [2.75, 3.05) is 27.2 Å². The number of unbranched alkanes of at least 4 members (excludes halogenated alkanes) is 1. The zero-order chi connectivity index (χ0) is 19.8. The molecule has 0 aliphatic carbocycles. The third-order valence-corrected chi connectivity index (χ3v) is 4.96. The van der Waals surface area contributed by atoms with Gasteiger partial charge in [0.25, 0.3) is 0 Å². The molecule has 0 spiro atoms. The first kappa shape index (κ1) is 20.4. The van der Waals surface area contributed by atoms with E-state index in [-0.39, 0.29) is 0 Å². The molecule has 3 nitrogen and oxygen atoms in total. The van der Waals surface area contributed by atoms with Crippen LogP contribution < -0.4 is 4.74 Å². The van der Waals surface area contributed by atoms with Gasteiger partial charge in [-0.05, 0) is 67.7 Å². The zero-order valence-corrected chi connectivity index (χ0v) is 17.0. The van der Waals surface area contributed by atoms with Gasteiger partial charge >= 0.3 is 0 Å². The van der Waals surface area contributed by atoms with Gasteiger partial charge in [-0.3, -0.25) is 0 Å². The Labute approximate surface area is 168 Å². The van der Waals surface area contributed by atoms with Crippen LogP contribution in [0, 0.1) is 0 Å². The number of likely N-dealkylation sites (N-methyl/N-ethyl adjacent to an activating group) is 1. The number of ether oxygens (including phenoxy) is 1. The topological polar surface area (TPSA) is 32.7 Å². The second-order valence-electron chi connectivity index (χ2n) is 7.72. The van der Waals surface area contributed by atoms with Gasteiger partial charge in [-0.2, -0.15) is 0 Å². The summed E-state index contributed by atoms with van der Waals surface area (Å²) in [5.74, 6) is 0.894. The standard InChI is InChI=1S/C25H31NO2/c1-26(2)18-24(27)19-28-25-14-8-7-12-22(25)11-4-3-9-20-15-16-21-10-5-6-13-23(21)17-20/h5-8,10,12-17,24,27H,3-4,9,11,18-19H2,1-2H3. The van der Waals surface area contributed by atoms with E-state index in [9.17, 15) is 5.11 Å². The van der Waals surface area contributed by atoms with Crippen molar-refractivity contribution in [2.45, 2.75) is 31.8 Å². The minimum Gasteiger partial charge on any atom is -0.491 e. The first-order chi connectivity index (χ1) is 13.6. The third-order valence-electron chi connectivity index (χ3n) is 4.96. The normalized spacial score (nSPS) is 12.4. The van der Waals surface area contributed by atoms with Gasteiger partial charge in [-0.25, -0.2) is 0 Å². The zero-order valence-electron chi connectivity index (χ0n) is 17.0. The van der Waals surface area contributed by atoms with Crippen molar-refractivity contribution in [2.24, 2.45) is 0 Å². The molecule has 0 fully saturated rings. The number of nitrogens with zero attached hydrogens (tertiary/aromatic N) is 1. The maximum Gasteiger partial charge on any atom is 0.122 e. The third kappa shape index (κ3) is 6.08. The van der Waals surface area contributed by atoms with Crippen LogP contribution in [0.3, 0.4) is 0 Å². The lowest BCUT2D eigenvalue weighted by atomic mass is 10.0. The van der Waals surface area contributed by atoms with Crippen LogP contribution in [0.2, 0.25) is 0 Å². The van der Waals surface area contributed by atoms with E-state index in [0.29, 0.717) is 13.2 Å². The van der Waals surface area contributed by atoms with Crippen molar-refractivity contribution in [3.8, 4) is 5.75 Å². The molecule has 0 aromatic heterocycles. The Morgan fingerprint density at radius 1 is 0.857 bits per heavy atom. The molecular weight excluding hydrogens is 346 g/mol. The molecule has 1 unspecified atom stereocenters. The number of hydrogen-bond acceptors (Lipinski definition) is 3. The van der Waals surface area contributed by atoms with Crippen LogP contribution in [0.1, 0.15) is 24.0 Å². The molecule has 0 aliphatic rings. The predicted molar refractivity (Wildman–Crippen MR) is 117 cm³/mol. The summed E-state index contributed by atoms with van der Waals surface area (Å²) in [6, 6.07) is 23.5. The summed E-state index contributed by atoms with van der Waals surface area (Å²) in [5.41, 5.74) is 2.62. The van der Waals surface area contributed by atoms with Crippen LogP contribution in [0.25, 0.3) is 10.8 Å². The van der Waals surface area contributed by atoms with Crippen molar-refractivity contribution in [3.63, 3.8) is 0 Å². The van der Waals surface area contributed by atoms with Gasteiger partial charge < -0.3 is 14.7 Å². The minimum absolute atomic E-state index is 0.326. The molecular formula is C25H31NO2. The molecule has 1 N–H and O–H groups in total. The van der Waals surface area contributed by atoms with E-state index >= 15 is 0 Å².